The Labute approximate surface area is 164 Å². The fourth-order valence-electron chi connectivity index (χ4n) is 3.61. The van der Waals surface area contributed by atoms with Crippen molar-refractivity contribution in [2.24, 2.45) is 5.92 Å². The van der Waals surface area contributed by atoms with E-state index in [1.807, 2.05) is 11.8 Å². The lowest BCUT2D eigenvalue weighted by atomic mass is 9.97. The largest absolute Gasteiger partial charge is 0.469 e. The molecule has 27 heavy (non-hydrogen) atoms. The molecule has 0 radical (unpaired) electrons. The summed E-state index contributed by atoms with van der Waals surface area (Å²) in [6.45, 7) is 0.688. The third-order valence-corrected chi connectivity index (χ3v) is 7.10. The number of hydrogen-bond donors (Lipinski definition) is 4. The molecule has 10 heteroatoms. The number of fused-ring (bicyclic) bond motifs is 1. The van der Waals surface area contributed by atoms with E-state index < -0.39 is 7.82 Å². The molecule has 4 N–H and O–H groups in total. The molecule has 8 nitrogen and oxygen atoms in total. The SMILES string of the molecule is O=C(CCCCC1SCC2CC(=O)NC21)NCCCCCCOP(=O)(O)O. The monoisotopic (exact) mass is 422 g/mol. The Bertz CT molecular complexity index is 544. The van der Waals surface area contributed by atoms with E-state index >= 15 is 0 Å². The molecule has 2 amide bonds. The van der Waals surface area contributed by atoms with E-state index in [2.05, 4.69) is 15.2 Å². The van der Waals surface area contributed by atoms with Crippen molar-refractivity contribution < 1.29 is 28.5 Å². The van der Waals surface area contributed by atoms with Crippen LogP contribution in [0.25, 0.3) is 0 Å². The van der Waals surface area contributed by atoms with Gasteiger partial charge < -0.3 is 20.4 Å². The second kappa shape index (κ2) is 11.4. The van der Waals surface area contributed by atoms with E-state index in [-0.39, 0.29) is 18.4 Å². The molecule has 0 aromatic heterocycles. The van der Waals surface area contributed by atoms with Crippen molar-refractivity contribution in [1.82, 2.24) is 10.6 Å². The maximum absolute atomic E-state index is 11.8. The summed E-state index contributed by atoms with van der Waals surface area (Å²) in [6.07, 6.45) is 7.28. The first kappa shape index (κ1) is 22.7. The Kier molecular flexibility index (Phi) is 9.59. The van der Waals surface area contributed by atoms with E-state index in [1.54, 1.807) is 0 Å². The quantitative estimate of drug-likeness (QED) is 0.264. The van der Waals surface area contributed by atoms with Gasteiger partial charge in [-0.1, -0.05) is 19.3 Å². The molecule has 2 heterocycles. The van der Waals surface area contributed by atoms with Gasteiger partial charge in [0.05, 0.1) is 6.61 Å². The first-order valence-corrected chi connectivity index (χ1v) is 12.3. The molecule has 0 aromatic rings. The number of hydrogen-bond acceptors (Lipinski definition) is 5. The molecule has 2 fully saturated rings. The molecule has 0 bridgehead atoms. The zero-order valence-electron chi connectivity index (χ0n) is 15.6. The molecule has 0 aromatic carbocycles. The van der Waals surface area contributed by atoms with Crippen LogP contribution in [0.1, 0.15) is 57.8 Å². The average Bonchev–Trinajstić information content (AvgIpc) is 3.12. The van der Waals surface area contributed by atoms with Crippen LogP contribution in [-0.4, -0.2) is 51.8 Å². The van der Waals surface area contributed by atoms with Crippen LogP contribution < -0.4 is 10.6 Å². The molecule has 156 valence electrons. The van der Waals surface area contributed by atoms with Crippen LogP contribution in [0.15, 0.2) is 0 Å². The summed E-state index contributed by atoms with van der Waals surface area (Å²) < 4.78 is 14.9. The van der Waals surface area contributed by atoms with Crippen LogP contribution >= 0.6 is 19.6 Å². The number of carbonyl (C=O) groups excluding carboxylic acids is 2. The van der Waals surface area contributed by atoms with Crippen molar-refractivity contribution in [3.8, 4) is 0 Å². The first-order chi connectivity index (χ1) is 12.8. The fraction of sp³-hybridized carbons (Fsp3) is 0.882. The van der Waals surface area contributed by atoms with Gasteiger partial charge in [0.25, 0.3) is 0 Å². The van der Waals surface area contributed by atoms with E-state index in [4.69, 9.17) is 9.79 Å². The highest BCUT2D eigenvalue weighted by Crippen LogP contribution is 2.39. The minimum absolute atomic E-state index is 0.0567. The smallest absolute Gasteiger partial charge is 0.356 e. The van der Waals surface area contributed by atoms with Crippen LogP contribution in [0.5, 0.6) is 0 Å². The highest BCUT2D eigenvalue weighted by atomic mass is 32.2. The molecule has 0 aliphatic carbocycles. The molecular weight excluding hydrogens is 391 g/mol. The molecule has 2 rings (SSSR count). The number of rotatable bonds is 13. The van der Waals surface area contributed by atoms with Crippen LogP contribution in [0.3, 0.4) is 0 Å². The third-order valence-electron chi connectivity index (χ3n) is 5.00. The Morgan fingerprint density at radius 1 is 1.22 bits per heavy atom. The van der Waals surface area contributed by atoms with Crippen LogP contribution in [0.2, 0.25) is 0 Å². The van der Waals surface area contributed by atoms with E-state index in [9.17, 15) is 14.2 Å². The minimum Gasteiger partial charge on any atom is -0.356 e. The van der Waals surface area contributed by atoms with Crippen LogP contribution in [-0.2, 0) is 18.7 Å². The molecular formula is C17H31N2O6PS. The van der Waals surface area contributed by atoms with Crippen molar-refractivity contribution in [1.29, 1.82) is 0 Å². The Hall–Kier alpha value is -0.600. The van der Waals surface area contributed by atoms with Gasteiger partial charge in [-0.05, 0) is 37.4 Å². The second-order valence-corrected chi connectivity index (χ2v) is 9.77. The summed E-state index contributed by atoms with van der Waals surface area (Å²) in [6, 6.07) is 0.336. The molecule has 0 spiro atoms. The van der Waals surface area contributed by atoms with Crippen molar-refractivity contribution in [3.63, 3.8) is 0 Å². The lowest BCUT2D eigenvalue weighted by Gasteiger charge is -2.17. The normalized spacial score (nSPS) is 24.7. The van der Waals surface area contributed by atoms with Gasteiger partial charge in [-0.15, -0.1) is 0 Å². The van der Waals surface area contributed by atoms with Crippen molar-refractivity contribution in [2.75, 3.05) is 18.9 Å². The topological polar surface area (TPSA) is 125 Å². The van der Waals surface area contributed by atoms with E-state index in [1.165, 1.54) is 0 Å². The van der Waals surface area contributed by atoms with Crippen molar-refractivity contribution in [2.45, 2.75) is 69.1 Å². The number of nitrogens with one attached hydrogen (secondary N) is 2. The summed E-state index contributed by atoms with van der Waals surface area (Å²) in [5.41, 5.74) is 0. The predicted octanol–water partition coefficient (Wildman–Crippen LogP) is 1.95. The zero-order valence-corrected chi connectivity index (χ0v) is 17.3. The summed E-state index contributed by atoms with van der Waals surface area (Å²) in [7, 11) is -4.35. The molecule has 0 saturated carbocycles. The van der Waals surface area contributed by atoms with E-state index in [0.717, 1.165) is 44.3 Å². The van der Waals surface area contributed by atoms with Gasteiger partial charge in [0, 0.05) is 30.7 Å². The molecule has 2 aliphatic rings. The van der Waals surface area contributed by atoms with Crippen LogP contribution in [0.4, 0.5) is 0 Å². The highest BCUT2D eigenvalue weighted by Gasteiger charge is 2.42. The predicted molar refractivity (Wildman–Crippen MR) is 104 cm³/mol. The molecule has 3 unspecified atom stereocenters. The van der Waals surface area contributed by atoms with Gasteiger partial charge in [-0.3, -0.25) is 14.1 Å². The molecule has 2 saturated heterocycles. The molecule has 3 atom stereocenters. The summed E-state index contributed by atoms with van der Waals surface area (Å²) in [5.74, 6) is 1.83. The number of phosphoric acid groups is 1. The van der Waals surface area contributed by atoms with Gasteiger partial charge in [0.15, 0.2) is 0 Å². The number of phosphoric ester groups is 1. The standard InChI is InChI=1S/C17H31N2O6PS/c20-15(18-9-5-1-2-6-10-25-26(22,23)24)8-4-3-7-14-17-13(12-27-14)11-16(21)19-17/h13-14,17H,1-12H2,(H,18,20)(H,19,21)(H2,22,23,24). The van der Waals surface area contributed by atoms with Crippen LogP contribution in [0, 0.1) is 5.92 Å². The second-order valence-electron chi connectivity index (χ2n) is 7.26. The zero-order chi connectivity index (χ0) is 19.7. The maximum Gasteiger partial charge on any atom is 0.469 e. The van der Waals surface area contributed by atoms with Gasteiger partial charge in [0.1, 0.15) is 0 Å². The fourth-order valence-corrected chi connectivity index (χ4v) is 5.63. The number of unbranched alkanes of at least 4 members (excludes halogenated alkanes) is 4. The number of thioether (sulfide) groups is 1. The lowest BCUT2D eigenvalue weighted by molar-refractivity contribution is -0.121. The summed E-state index contributed by atoms with van der Waals surface area (Å²) >= 11 is 1.95. The minimum atomic E-state index is -4.35. The first-order valence-electron chi connectivity index (χ1n) is 9.73. The van der Waals surface area contributed by atoms with Crippen molar-refractivity contribution in [3.05, 3.63) is 0 Å². The Morgan fingerprint density at radius 2 is 2.00 bits per heavy atom. The molecule has 2 aliphatic heterocycles. The summed E-state index contributed by atoms with van der Waals surface area (Å²) in [5, 5.41) is 6.50. The maximum atomic E-state index is 11.8. The average molecular weight is 422 g/mol. The lowest BCUT2D eigenvalue weighted by Crippen LogP contribution is -2.34. The highest BCUT2D eigenvalue weighted by molar-refractivity contribution is 8.00. The number of carbonyl (C=O) groups is 2. The summed E-state index contributed by atoms with van der Waals surface area (Å²) in [4.78, 5) is 40.4. The van der Waals surface area contributed by atoms with E-state index in [0.29, 0.717) is 43.0 Å². The Balaban J connectivity index is 1.40. The van der Waals surface area contributed by atoms with Gasteiger partial charge in [0.2, 0.25) is 11.8 Å². The third kappa shape index (κ3) is 8.96. The number of amides is 2. The van der Waals surface area contributed by atoms with Gasteiger partial charge in [-0.25, -0.2) is 4.57 Å². The Morgan fingerprint density at radius 3 is 2.78 bits per heavy atom. The van der Waals surface area contributed by atoms with Crippen molar-refractivity contribution >= 4 is 31.4 Å². The van der Waals surface area contributed by atoms with Gasteiger partial charge in [-0.2, -0.15) is 11.8 Å². The van der Waals surface area contributed by atoms with Gasteiger partial charge >= 0.3 is 7.82 Å².